The molecule has 0 spiro atoms. The van der Waals surface area contributed by atoms with Crippen LogP contribution in [-0.2, 0) is 16.6 Å². The number of H-pyrrole nitrogens is 1. The molecule has 0 amide bonds. The average Bonchev–Trinajstić information content (AvgIpc) is 2.83. The fraction of sp³-hybridized carbons (Fsp3) is 0.667. The lowest BCUT2D eigenvalue weighted by Crippen LogP contribution is -2.28. The van der Waals surface area contributed by atoms with Crippen LogP contribution in [0.5, 0.6) is 0 Å². The van der Waals surface area contributed by atoms with Gasteiger partial charge in [-0.25, -0.2) is 13.1 Å². The highest BCUT2D eigenvalue weighted by Gasteiger charge is 2.16. The summed E-state index contributed by atoms with van der Waals surface area (Å²) in [4.78, 5) is 3.27. The fourth-order valence-corrected chi connectivity index (χ4v) is 2.60. The molecule has 1 aromatic rings. The van der Waals surface area contributed by atoms with E-state index in [2.05, 4.69) is 15.0 Å². The molecule has 0 saturated carbocycles. The summed E-state index contributed by atoms with van der Waals surface area (Å²) in [6, 6.07) is 1.67. The van der Waals surface area contributed by atoms with Crippen molar-refractivity contribution in [3.8, 4) is 0 Å². The molecule has 0 radical (unpaired) electrons. The molecule has 1 atom stereocenters. The molecule has 0 bridgehead atoms. The van der Waals surface area contributed by atoms with E-state index in [9.17, 15) is 8.42 Å². The summed E-state index contributed by atoms with van der Waals surface area (Å²) in [7, 11) is -3.38. The minimum atomic E-state index is -3.38. The molecule has 0 aliphatic rings. The third-order valence-corrected chi connectivity index (χ3v) is 4.31. The third-order valence-electron chi connectivity index (χ3n) is 2.91. The van der Waals surface area contributed by atoms with Crippen molar-refractivity contribution in [1.82, 2.24) is 15.0 Å². The molecular weight excluding hydrogens is 250 g/mol. The molecule has 5 nitrogen and oxygen atoms in total. The van der Waals surface area contributed by atoms with Crippen LogP contribution >= 0.6 is 0 Å². The monoisotopic (exact) mass is 273 g/mol. The van der Waals surface area contributed by atoms with E-state index in [1.807, 2.05) is 20.8 Å². The van der Waals surface area contributed by atoms with Crippen LogP contribution in [0, 0.1) is 5.92 Å². The van der Waals surface area contributed by atoms with Gasteiger partial charge in [0.2, 0.25) is 10.0 Å². The Hall–Kier alpha value is -0.850. The zero-order valence-electron chi connectivity index (χ0n) is 11.3. The van der Waals surface area contributed by atoms with Crippen LogP contribution in [0.4, 0.5) is 0 Å². The zero-order chi connectivity index (χ0) is 13.6. The maximum absolute atomic E-state index is 12.0. The van der Waals surface area contributed by atoms with Gasteiger partial charge in [0, 0.05) is 25.0 Å². The Labute approximate surface area is 109 Å². The Bertz CT molecular complexity index is 454. The Morgan fingerprint density at radius 3 is 2.72 bits per heavy atom. The quantitative estimate of drug-likeness (QED) is 0.671. The largest absolute Gasteiger partial charge is 0.363 e. The minimum absolute atomic E-state index is 0.304. The van der Waals surface area contributed by atoms with Gasteiger partial charge in [-0.3, -0.25) is 0 Å². The van der Waals surface area contributed by atoms with Crippen molar-refractivity contribution >= 4 is 10.0 Å². The number of hydrogen-bond donors (Lipinski definition) is 3. The molecule has 1 heterocycles. The van der Waals surface area contributed by atoms with Gasteiger partial charge >= 0.3 is 0 Å². The highest BCUT2D eigenvalue weighted by molar-refractivity contribution is 7.89. The summed E-state index contributed by atoms with van der Waals surface area (Å²) in [5.41, 5.74) is 0.876. The van der Waals surface area contributed by atoms with Gasteiger partial charge < -0.3 is 10.3 Å². The molecular formula is C12H23N3O2S. The lowest BCUT2D eigenvalue weighted by molar-refractivity contribution is 0.528. The van der Waals surface area contributed by atoms with E-state index in [1.54, 1.807) is 6.07 Å². The zero-order valence-corrected chi connectivity index (χ0v) is 12.1. The van der Waals surface area contributed by atoms with E-state index in [-0.39, 0.29) is 0 Å². The molecule has 18 heavy (non-hydrogen) atoms. The van der Waals surface area contributed by atoms with Gasteiger partial charge in [-0.1, -0.05) is 27.2 Å². The molecule has 1 aromatic heterocycles. The van der Waals surface area contributed by atoms with E-state index in [1.165, 1.54) is 6.20 Å². The second-order valence-corrected chi connectivity index (χ2v) is 6.27. The predicted octanol–water partition coefficient (Wildman–Crippen LogP) is 1.45. The van der Waals surface area contributed by atoms with Gasteiger partial charge in [-0.15, -0.1) is 0 Å². The van der Waals surface area contributed by atoms with E-state index >= 15 is 0 Å². The van der Waals surface area contributed by atoms with Crippen molar-refractivity contribution in [1.29, 1.82) is 0 Å². The maximum Gasteiger partial charge on any atom is 0.242 e. The van der Waals surface area contributed by atoms with E-state index in [0.29, 0.717) is 23.9 Å². The first kappa shape index (κ1) is 15.2. The molecule has 6 heteroatoms. The Morgan fingerprint density at radius 1 is 1.39 bits per heavy atom. The number of nitrogens with one attached hydrogen (secondary N) is 3. The van der Waals surface area contributed by atoms with Gasteiger partial charge in [0.15, 0.2) is 0 Å². The van der Waals surface area contributed by atoms with Crippen LogP contribution in [0.1, 0.15) is 32.9 Å². The van der Waals surface area contributed by atoms with E-state index in [0.717, 1.165) is 18.7 Å². The smallest absolute Gasteiger partial charge is 0.242 e. The van der Waals surface area contributed by atoms with Crippen molar-refractivity contribution in [3.63, 3.8) is 0 Å². The Morgan fingerprint density at radius 2 is 2.11 bits per heavy atom. The van der Waals surface area contributed by atoms with Crippen molar-refractivity contribution in [3.05, 3.63) is 18.0 Å². The van der Waals surface area contributed by atoms with Crippen molar-refractivity contribution in [2.24, 2.45) is 5.92 Å². The first-order chi connectivity index (χ1) is 8.49. The van der Waals surface area contributed by atoms with E-state index in [4.69, 9.17) is 0 Å². The minimum Gasteiger partial charge on any atom is -0.363 e. The van der Waals surface area contributed by atoms with Crippen molar-refractivity contribution < 1.29 is 8.42 Å². The van der Waals surface area contributed by atoms with Crippen molar-refractivity contribution in [2.45, 2.75) is 38.6 Å². The molecule has 0 aliphatic heterocycles. The Kier molecular flexibility index (Phi) is 5.84. The first-order valence-corrected chi connectivity index (χ1v) is 7.85. The third kappa shape index (κ3) is 4.44. The van der Waals surface area contributed by atoms with Crippen LogP contribution < -0.4 is 10.0 Å². The molecule has 0 fully saturated rings. The average molecular weight is 273 g/mol. The van der Waals surface area contributed by atoms with Gasteiger partial charge in [-0.05, 0) is 18.5 Å². The van der Waals surface area contributed by atoms with Crippen LogP contribution in [0.3, 0.4) is 0 Å². The lowest BCUT2D eigenvalue weighted by atomic mass is 10.1. The molecule has 0 aliphatic carbocycles. The van der Waals surface area contributed by atoms with Crippen LogP contribution in [0.25, 0.3) is 0 Å². The summed E-state index contributed by atoms with van der Waals surface area (Å²) in [5.74, 6) is 0.347. The predicted molar refractivity (Wildman–Crippen MR) is 72.8 cm³/mol. The van der Waals surface area contributed by atoms with Crippen LogP contribution in [0.2, 0.25) is 0 Å². The number of aromatic nitrogens is 1. The summed E-state index contributed by atoms with van der Waals surface area (Å²) >= 11 is 0. The summed E-state index contributed by atoms with van der Waals surface area (Å²) in [5, 5.41) is 3.14. The molecule has 1 unspecified atom stereocenters. The van der Waals surface area contributed by atoms with Gasteiger partial charge in [0.25, 0.3) is 0 Å². The second-order valence-electron chi connectivity index (χ2n) is 4.51. The molecule has 3 N–H and O–H groups in total. The fourth-order valence-electron chi connectivity index (χ4n) is 1.42. The number of sulfonamides is 1. The number of hydrogen-bond acceptors (Lipinski definition) is 3. The lowest BCUT2D eigenvalue weighted by Gasteiger charge is -2.09. The first-order valence-electron chi connectivity index (χ1n) is 6.37. The molecule has 104 valence electrons. The molecule has 0 aromatic carbocycles. The topological polar surface area (TPSA) is 74.0 Å². The maximum atomic E-state index is 12.0. The molecule has 1 rings (SSSR count). The summed E-state index contributed by atoms with van der Waals surface area (Å²) in [6.07, 6.45) is 2.49. The number of aromatic amines is 1. The highest BCUT2D eigenvalue weighted by Crippen LogP contribution is 2.11. The van der Waals surface area contributed by atoms with Gasteiger partial charge in [-0.2, -0.15) is 0 Å². The highest BCUT2D eigenvalue weighted by atomic mass is 32.2. The summed E-state index contributed by atoms with van der Waals surface area (Å²) in [6.45, 7) is 8.06. The van der Waals surface area contributed by atoms with Crippen molar-refractivity contribution in [2.75, 3.05) is 13.1 Å². The Balaban J connectivity index is 2.64. The standard InChI is InChI=1S/C12H23N3O2S/c1-4-10(3)7-15-18(16,17)12-6-11(14-9-12)8-13-5-2/h6,9-10,13-15H,4-5,7-8H2,1-3H3. The van der Waals surface area contributed by atoms with Gasteiger partial charge in [0.1, 0.15) is 0 Å². The normalized spacial score (nSPS) is 13.7. The summed E-state index contributed by atoms with van der Waals surface area (Å²) < 4.78 is 26.6. The van der Waals surface area contributed by atoms with Gasteiger partial charge in [0.05, 0.1) is 4.90 Å². The SMILES string of the molecule is CCNCc1cc(S(=O)(=O)NCC(C)CC)c[nH]1. The number of rotatable bonds is 8. The van der Waals surface area contributed by atoms with Crippen LogP contribution in [0.15, 0.2) is 17.2 Å². The molecule has 0 saturated heterocycles. The second kappa shape index (κ2) is 6.92. The van der Waals surface area contributed by atoms with Crippen LogP contribution in [-0.4, -0.2) is 26.5 Å². The van der Waals surface area contributed by atoms with E-state index < -0.39 is 10.0 Å².